The van der Waals surface area contributed by atoms with Gasteiger partial charge in [0.15, 0.2) is 0 Å². The summed E-state index contributed by atoms with van der Waals surface area (Å²) in [5, 5.41) is 17.9. The molecule has 1 aliphatic heterocycles. The average molecular weight is 184 g/mol. The fourth-order valence-corrected chi connectivity index (χ4v) is 1.36. The van der Waals surface area contributed by atoms with Crippen molar-refractivity contribution in [3.8, 4) is 6.07 Å². The van der Waals surface area contributed by atoms with Crippen molar-refractivity contribution in [3.63, 3.8) is 0 Å². The largest absolute Gasteiger partial charge is 0.390 e. The molecule has 1 fully saturated rings. The van der Waals surface area contributed by atoms with Gasteiger partial charge in [-0.2, -0.15) is 5.26 Å². The number of nitrogens with zero attached hydrogens (tertiary/aromatic N) is 2. The van der Waals surface area contributed by atoms with Crippen LogP contribution in [0.1, 0.15) is 27.7 Å². The lowest BCUT2D eigenvalue weighted by Crippen LogP contribution is -2.29. The standard InChI is InChI=1S/C8H14N2O.C2H6/c1-6(2)10-4-7(3-9)8(11)5-10;1-2/h6-8,11H,4-5H2,1-2H3;1-2H3. The molecule has 2 unspecified atom stereocenters. The summed E-state index contributed by atoms with van der Waals surface area (Å²) in [4.78, 5) is 2.12. The second kappa shape index (κ2) is 5.95. The fourth-order valence-electron chi connectivity index (χ4n) is 1.36. The van der Waals surface area contributed by atoms with Crippen molar-refractivity contribution < 1.29 is 5.11 Å². The van der Waals surface area contributed by atoms with E-state index in [-0.39, 0.29) is 5.92 Å². The van der Waals surface area contributed by atoms with Crippen LogP contribution in [0.15, 0.2) is 0 Å². The quantitative estimate of drug-likeness (QED) is 0.667. The molecule has 0 aromatic rings. The monoisotopic (exact) mass is 184 g/mol. The van der Waals surface area contributed by atoms with Crippen molar-refractivity contribution in [1.29, 1.82) is 5.26 Å². The molecule has 0 saturated carbocycles. The average Bonchev–Trinajstić information content (AvgIpc) is 2.50. The summed E-state index contributed by atoms with van der Waals surface area (Å²) in [6.45, 7) is 9.52. The first-order valence-electron chi connectivity index (χ1n) is 4.97. The van der Waals surface area contributed by atoms with E-state index < -0.39 is 6.10 Å². The van der Waals surface area contributed by atoms with Gasteiger partial charge in [0.2, 0.25) is 0 Å². The second-order valence-corrected chi connectivity index (χ2v) is 3.35. The lowest BCUT2D eigenvalue weighted by atomic mass is 10.1. The third-order valence-corrected chi connectivity index (χ3v) is 2.21. The SMILES string of the molecule is CC.CC(C)N1CC(O)C(C#N)C1. The van der Waals surface area contributed by atoms with E-state index in [1.54, 1.807) is 0 Å². The molecule has 76 valence electrons. The van der Waals surface area contributed by atoms with Gasteiger partial charge in [-0.15, -0.1) is 0 Å². The summed E-state index contributed by atoms with van der Waals surface area (Å²) in [5.74, 6) is -0.183. The maximum atomic E-state index is 9.34. The Labute approximate surface area is 81.0 Å². The van der Waals surface area contributed by atoms with Gasteiger partial charge in [-0.3, -0.25) is 4.90 Å². The van der Waals surface area contributed by atoms with Gasteiger partial charge in [-0.1, -0.05) is 13.8 Å². The second-order valence-electron chi connectivity index (χ2n) is 3.35. The highest BCUT2D eigenvalue weighted by Gasteiger charge is 2.32. The molecular formula is C10H20N2O. The molecule has 1 saturated heterocycles. The van der Waals surface area contributed by atoms with Crippen LogP contribution in [0, 0.1) is 17.2 Å². The molecule has 1 N–H and O–H groups in total. The van der Waals surface area contributed by atoms with Gasteiger partial charge >= 0.3 is 0 Å². The first kappa shape index (κ1) is 12.4. The Morgan fingerprint density at radius 3 is 2.15 bits per heavy atom. The van der Waals surface area contributed by atoms with Crippen LogP contribution in [-0.2, 0) is 0 Å². The Kier molecular flexibility index (Phi) is 5.68. The van der Waals surface area contributed by atoms with Crippen LogP contribution in [0.5, 0.6) is 0 Å². The van der Waals surface area contributed by atoms with Crippen molar-refractivity contribution in [2.75, 3.05) is 13.1 Å². The van der Waals surface area contributed by atoms with Crippen molar-refractivity contribution in [3.05, 3.63) is 0 Å². The number of aliphatic hydroxyl groups is 1. The molecule has 13 heavy (non-hydrogen) atoms. The van der Waals surface area contributed by atoms with Crippen molar-refractivity contribution >= 4 is 0 Å². The van der Waals surface area contributed by atoms with E-state index >= 15 is 0 Å². The predicted octanol–water partition coefficient (Wildman–Crippen LogP) is 1.24. The lowest BCUT2D eigenvalue weighted by molar-refractivity contribution is 0.153. The van der Waals surface area contributed by atoms with Gasteiger partial charge in [0.1, 0.15) is 0 Å². The van der Waals surface area contributed by atoms with E-state index in [1.807, 2.05) is 13.8 Å². The van der Waals surface area contributed by atoms with Gasteiger partial charge in [0.25, 0.3) is 0 Å². The molecule has 0 bridgehead atoms. The minimum absolute atomic E-state index is 0.183. The minimum atomic E-state index is -0.442. The smallest absolute Gasteiger partial charge is 0.0862 e. The van der Waals surface area contributed by atoms with Crippen molar-refractivity contribution in [2.24, 2.45) is 5.92 Å². The van der Waals surface area contributed by atoms with Crippen molar-refractivity contribution in [2.45, 2.75) is 39.8 Å². The number of hydrogen-bond acceptors (Lipinski definition) is 3. The fraction of sp³-hybridized carbons (Fsp3) is 0.900. The van der Waals surface area contributed by atoms with Crippen LogP contribution < -0.4 is 0 Å². The van der Waals surface area contributed by atoms with E-state index in [4.69, 9.17) is 5.26 Å². The molecular weight excluding hydrogens is 164 g/mol. The normalized spacial score (nSPS) is 28.1. The Balaban J connectivity index is 0.000000671. The van der Waals surface area contributed by atoms with Gasteiger partial charge in [-0.05, 0) is 13.8 Å². The summed E-state index contributed by atoms with van der Waals surface area (Å²) in [7, 11) is 0. The number of nitriles is 1. The minimum Gasteiger partial charge on any atom is -0.390 e. The van der Waals surface area contributed by atoms with E-state index in [0.29, 0.717) is 12.6 Å². The Morgan fingerprint density at radius 2 is 1.92 bits per heavy atom. The van der Waals surface area contributed by atoms with Crippen LogP contribution in [0.4, 0.5) is 0 Å². The van der Waals surface area contributed by atoms with E-state index in [1.165, 1.54) is 0 Å². The molecule has 0 aromatic heterocycles. The molecule has 1 heterocycles. The van der Waals surface area contributed by atoms with Gasteiger partial charge in [0, 0.05) is 19.1 Å². The van der Waals surface area contributed by atoms with Gasteiger partial charge < -0.3 is 5.11 Å². The zero-order valence-electron chi connectivity index (χ0n) is 8.99. The van der Waals surface area contributed by atoms with Crippen LogP contribution in [0.3, 0.4) is 0 Å². The molecule has 1 aliphatic rings. The summed E-state index contributed by atoms with van der Waals surface area (Å²) in [6.07, 6.45) is -0.442. The van der Waals surface area contributed by atoms with E-state index in [2.05, 4.69) is 24.8 Å². The number of rotatable bonds is 1. The van der Waals surface area contributed by atoms with Crippen LogP contribution >= 0.6 is 0 Å². The first-order chi connectivity index (χ1) is 6.15. The molecule has 0 aromatic carbocycles. The summed E-state index contributed by atoms with van der Waals surface area (Å²) >= 11 is 0. The highest BCUT2D eigenvalue weighted by atomic mass is 16.3. The Hall–Kier alpha value is -0.590. The van der Waals surface area contributed by atoms with E-state index in [0.717, 1.165) is 6.54 Å². The Morgan fingerprint density at radius 1 is 1.38 bits per heavy atom. The number of aliphatic hydroxyl groups excluding tert-OH is 1. The maximum absolute atomic E-state index is 9.34. The molecule has 0 amide bonds. The third-order valence-electron chi connectivity index (χ3n) is 2.21. The van der Waals surface area contributed by atoms with E-state index in [9.17, 15) is 5.11 Å². The third kappa shape index (κ3) is 3.33. The molecule has 3 nitrogen and oxygen atoms in total. The zero-order valence-corrected chi connectivity index (χ0v) is 8.99. The van der Waals surface area contributed by atoms with Gasteiger partial charge in [-0.25, -0.2) is 0 Å². The molecule has 0 spiro atoms. The summed E-state index contributed by atoms with van der Waals surface area (Å²) in [5.41, 5.74) is 0. The summed E-state index contributed by atoms with van der Waals surface area (Å²) in [6, 6.07) is 2.54. The Bertz CT molecular complexity index is 174. The molecule has 1 rings (SSSR count). The molecule has 0 radical (unpaired) electrons. The highest BCUT2D eigenvalue weighted by Crippen LogP contribution is 2.17. The topological polar surface area (TPSA) is 47.3 Å². The lowest BCUT2D eigenvalue weighted by Gasteiger charge is -2.18. The van der Waals surface area contributed by atoms with Crippen LogP contribution in [-0.4, -0.2) is 35.2 Å². The first-order valence-corrected chi connectivity index (χ1v) is 4.97. The maximum Gasteiger partial charge on any atom is 0.0862 e. The number of hydrogen-bond donors (Lipinski definition) is 1. The number of likely N-dealkylation sites (tertiary alicyclic amines) is 1. The van der Waals surface area contributed by atoms with Crippen molar-refractivity contribution in [1.82, 2.24) is 4.90 Å². The highest BCUT2D eigenvalue weighted by molar-refractivity contribution is 4.97. The number of β-amino-alcohol motifs (C(OH)–C–C–N with tert-alkyl or cyclic N) is 1. The molecule has 0 aliphatic carbocycles. The zero-order chi connectivity index (χ0) is 10.4. The predicted molar refractivity (Wildman–Crippen MR) is 53.2 cm³/mol. The van der Waals surface area contributed by atoms with Gasteiger partial charge in [0.05, 0.1) is 18.1 Å². The summed E-state index contributed by atoms with van der Waals surface area (Å²) < 4.78 is 0. The molecule has 3 heteroatoms. The van der Waals surface area contributed by atoms with Crippen LogP contribution in [0.2, 0.25) is 0 Å². The van der Waals surface area contributed by atoms with Crippen LogP contribution in [0.25, 0.3) is 0 Å². The molecule has 2 atom stereocenters.